The second kappa shape index (κ2) is 8.27. The van der Waals surface area contributed by atoms with Crippen molar-refractivity contribution in [3.05, 3.63) is 101 Å². The highest BCUT2D eigenvalue weighted by molar-refractivity contribution is 5.97. The first-order valence-corrected chi connectivity index (χ1v) is 11.6. The molecule has 0 spiro atoms. The van der Waals surface area contributed by atoms with E-state index in [-0.39, 0.29) is 30.7 Å². The zero-order valence-corrected chi connectivity index (χ0v) is 19.2. The lowest BCUT2D eigenvalue weighted by molar-refractivity contribution is -0.159. The van der Waals surface area contributed by atoms with Gasteiger partial charge >= 0.3 is 0 Å². The van der Waals surface area contributed by atoms with Crippen molar-refractivity contribution >= 4 is 22.7 Å². The largest absolute Gasteiger partial charge is 0.497 e. The summed E-state index contributed by atoms with van der Waals surface area (Å²) >= 11 is 0. The number of fused-ring (bicyclic) bond motifs is 4. The van der Waals surface area contributed by atoms with Crippen LogP contribution in [0, 0.1) is 5.82 Å². The molecule has 0 radical (unpaired) electrons. The molecule has 2 aliphatic heterocycles. The van der Waals surface area contributed by atoms with E-state index in [1.807, 2.05) is 48.5 Å². The maximum atomic E-state index is 13.8. The third-order valence-electron chi connectivity index (χ3n) is 7.04. The van der Waals surface area contributed by atoms with Crippen LogP contribution in [-0.2, 0) is 22.6 Å². The van der Waals surface area contributed by atoms with Crippen LogP contribution < -0.4 is 4.74 Å². The van der Waals surface area contributed by atoms with Crippen molar-refractivity contribution < 1.29 is 18.7 Å². The van der Waals surface area contributed by atoms with Gasteiger partial charge in [-0.05, 0) is 47.0 Å². The summed E-state index contributed by atoms with van der Waals surface area (Å²) in [5, 5.41) is 1.06. The molecule has 35 heavy (non-hydrogen) atoms. The summed E-state index contributed by atoms with van der Waals surface area (Å²) in [5.41, 5.74) is 4.64. The lowest BCUT2D eigenvalue weighted by Gasteiger charge is -2.47. The van der Waals surface area contributed by atoms with E-state index < -0.39 is 12.1 Å². The maximum Gasteiger partial charge on any atom is 0.246 e. The van der Waals surface area contributed by atoms with Gasteiger partial charge in [0.2, 0.25) is 11.8 Å². The number of amides is 2. The van der Waals surface area contributed by atoms with Crippen molar-refractivity contribution in [1.82, 2.24) is 14.8 Å². The molecule has 7 heteroatoms. The van der Waals surface area contributed by atoms with Gasteiger partial charge in [-0.25, -0.2) is 4.39 Å². The zero-order valence-electron chi connectivity index (χ0n) is 19.2. The van der Waals surface area contributed by atoms with Crippen molar-refractivity contribution in [3.63, 3.8) is 0 Å². The summed E-state index contributed by atoms with van der Waals surface area (Å²) in [6.07, 6.45) is 0.435. The van der Waals surface area contributed by atoms with E-state index in [1.165, 1.54) is 12.1 Å². The number of aromatic amines is 1. The molecule has 2 amide bonds. The molecule has 1 unspecified atom stereocenters. The summed E-state index contributed by atoms with van der Waals surface area (Å²) < 4.78 is 18.8. The molecule has 6 nitrogen and oxygen atoms in total. The number of methoxy groups -OCH3 is 1. The fourth-order valence-corrected chi connectivity index (χ4v) is 5.43. The van der Waals surface area contributed by atoms with Gasteiger partial charge in [-0.1, -0.05) is 42.5 Å². The van der Waals surface area contributed by atoms with Crippen molar-refractivity contribution in [2.24, 2.45) is 0 Å². The van der Waals surface area contributed by atoms with Crippen LogP contribution in [0.4, 0.5) is 4.39 Å². The lowest BCUT2D eigenvalue weighted by atomic mass is 9.86. The Kier molecular flexibility index (Phi) is 5.06. The van der Waals surface area contributed by atoms with E-state index in [4.69, 9.17) is 4.74 Å². The van der Waals surface area contributed by atoms with Gasteiger partial charge in [0.25, 0.3) is 0 Å². The normalized spacial score (nSPS) is 19.6. The summed E-state index contributed by atoms with van der Waals surface area (Å²) in [6.45, 7) is 0.239. The number of H-pyrrole nitrogens is 1. The number of hydrogen-bond acceptors (Lipinski definition) is 3. The maximum absolute atomic E-state index is 13.8. The zero-order chi connectivity index (χ0) is 24.1. The van der Waals surface area contributed by atoms with Crippen LogP contribution in [0.25, 0.3) is 10.9 Å². The molecule has 2 aliphatic rings. The van der Waals surface area contributed by atoms with Gasteiger partial charge in [0.15, 0.2) is 0 Å². The van der Waals surface area contributed by atoms with Crippen LogP contribution in [-0.4, -0.2) is 46.3 Å². The number of carbonyl (C=O) groups excluding carboxylic acids is 2. The first-order chi connectivity index (χ1) is 17.0. The first-order valence-electron chi connectivity index (χ1n) is 11.6. The minimum atomic E-state index is -0.625. The van der Waals surface area contributed by atoms with Crippen LogP contribution in [0.15, 0.2) is 72.8 Å². The molecule has 176 valence electrons. The monoisotopic (exact) mass is 469 g/mol. The highest BCUT2D eigenvalue weighted by Crippen LogP contribution is 2.43. The van der Waals surface area contributed by atoms with Crippen LogP contribution in [0.3, 0.4) is 0 Å². The van der Waals surface area contributed by atoms with E-state index in [2.05, 4.69) is 4.98 Å². The van der Waals surface area contributed by atoms with Crippen molar-refractivity contribution in [3.8, 4) is 5.75 Å². The van der Waals surface area contributed by atoms with Gasteiger partial charge in [0.05, 0.1) is 13.2 Å². The second-order valence-electron chi connectivity index (χ2n) is 9.08. The van der Waals surface area contributed by atoms with Gasteiger partial charge < -0.3 is 19.5 Å². The second-order valence-corrected chi connectivity index (χ2v) is 9.08. The number of hydrogen-bond donors (Lipinski definition) is 1. The van der Waals surface area contributed by atoms with E-state index in [1.54, 1.807) is 29.0 Å². The highest BCUT2D eigenvalue weighted by atomic mass is 19.1. The number of para-hydroxylation sites is 1. The quantitative estimate of drug-likeness (QED) is 0.487. The Morgan fingerprint density at radius 2 is 1.83 bits per heavy atom. The van der Waals surface area contributed by atoms with Gasteiger partial charge in [0, 0.05) is 29.6 Å². The summed E-state index contributed by atoms with van der Waals surface area (Å²) in [6, 6.07) is 20.7. The molecule has 6 rings (SSSR count). The molecule has 0 bridgehead atoms. The Morgan fingerprint density at radius 1 is 1.03 bits per heavy atom. The van der Waals surface area contributed by atoms with E-state index in [9.17, 15) is 14.0 Å². The topological polar surface area (TPSA) is 65.6 Å². The molecule has 4 aromatic rings. The molecule has 0 saturated carbocycles. The molecule has 3 heterocycles. The summed E-state index contributed by atoms with van der Waals surface area (Å²) in [7, 11) is 1.61. The van der Waals surface area contributed by atoms with E-state index >= 15 is 0 Å². The number of ether oxygens (including phenoxy) is 1. The molecular formula is C28H24FN3O3. The number of nitrogens with zero attached hydrogens (tertiary/aromatic N) is 2. The molecule has 1 N–H and O–H groups in total. The third kappa shape index (κ3) is 3.55. The number of benzene rings is 3. The van der Waals surface area contributed by atoms with Crippen molar-refractivity contribution in [2.75, 3.05) is 13.7 Å². The Morgan fingerprint density at radius 3 is 2.63 bits per heavy atom. The molecule has 1 saturated heterocycles. The molecule has 3 aromatic carbocycles. The van der Waals surface area contributed by atoms with Crippen LogP contribution in [0.1, 0.15) is 28.4 Å². The van der Waals surface area contributed by atoms with E-state index in [0.717, 1.165) is 33.3 Å². The molecular weight excluding hydrogens is 445 g/mol. The standard InChI is InChI=1S/C28H24FN3O3/c1-35-20-6-4-5-18(13-20)27-26-22(21-7-2-3-8-23(21)30-26)14-24-28(34)31(16-25(33)32(24)27)15-17-9-11-19(29)12-10-17/h2-13,24,27,30H,14-16H2,1H3/t24-,27?/m0/s1. The van der Waals surface area contributed by atoms with Gasteiger partial charge in [-0.15, -0.1) is 0 Å². The number of piperazine rings is 1. The van der Waals surface area contributed by atoms with Crippen LogP contribution in [0.2, 0.25) is 0 Å². The van der Waals surface area contributed by atoms with Crippen molar-refractivity contribution in [1.29, 1.82) is 0 Å². The number of carbonyl (C=O) groups is 2. The Balaban J connectivity index is 1.45. The smallest absolute Gasteiger partial charge is 0.246 e. The molecule has 0 aliphatic carbocycles. The average Bonchev–Trinajstić information content (AvgIpc) is 3.25. The fraction of sp³-hybridized carbons (Fsp3) is 0.214. The summed E-state index contributed by atoms with van der Waals surface area (Å²) in [5.74, 6) is 0.142. The Labute approximate surface area is 201 Å². The SMILES string of the molecule is COc1cccc(C2c3[nH]c4ccccc4c3C[C@H]3C(=O)N(Cc4ccc(F)cc4)CC(=O)N23)c1. The lowest BCUT2D eigenvalue weighted by Crippen LogP contribution is -2.62. The third-order valence-corrected chi connectivity index (χ3v) is 7.04. The average molecular weight is 470 g/mol. The van der Waals surface area contributed by atoms with Gasteiger partial charge in [-0.2, -0.15) is 0 Å². The fourth-order valence-electron chi connectivity index (χ4n) is 5.43. The van der Waals surface area contributed by atoms with E-state index in [0.29, 0.717) is 12.2 Å². The highest BCUT2D eigenvalue weighted by Gasteiger charge is 2.48. The van der Waals surface area contributed by atoms with Crippen molar-refractivity contribution in [2.45, 2.75) is 25.0 Å². The number of halogens is 1. The predicted octanol–water partition coefficient (Wildman–Crippen LogP) is 4.20. The van der Waals surface area contributed by atoms with Gasteiger partial charge in [0.1, 0.15) is 24.2 Å². The minimum Gasteiger partial charge on any atom is -0.497 e. The van der Waals surface area contributed by atoms with Gasteiger partial charge in [-0.3, -0.25) is 9.59 Å². The first kappa shape index (κ1) is 21.4. The van der Waals surface area contributed by atoms with Crippen LogP contribution >= 0.6 is 0 Å². The van der Waals surface area contributed by atoms with Crippen LogP contribution in [0.5, 0.6) is 5.75 Å². The number of rotatable bonds is 4. The molecule has 1 aromatic heterocycles. The summed E-state index contributed by atoms with van der Waals surface area (Å²) in [4.78, 5) is 34.2. The molecule has 2 atom stereocenters. The number of nitrogens with one attached hydrogen (secondary N) is 1. The molecule has 1 fully saturated rings. The minimum absolute atomic E-state index is 0.0251. The predicted molar refractivity (Wildman–Crippen MR) is 129 cm³/mol. The Hall–Kier alpha value is -4.13. The Bertz CT molecular complexity index is 1450. The number of aromatic nitrogens is 1.